The number of fused-ring (bicyclic) bond motifs is 1. The minimum atomic E-state index is -0.144. The Bertz CT molecular complexity index is 1150. The summed E-state index contributed by atoms with van der Waals surface area (Å²) in [6, 6.07) is 11.4. The number of ether oxygens (including phenoxy) is 1. The summed E-state index contributed by atoms with van der Waals surface area (Å²) in [7, 11) is 0. The maximum absolute atomic E-state index is 13.6. The quantitative estimate of drug-likeness (QED) is 0.432. The van der Waals surface area contributed by atoms with Crippen LogP contribution in [0.15, 0.2) is 55.0 Å². The Morgan fingerprint density at radius 2 is 2.10 bits per heavy atom. The largest absolute Gasteiger partial charge is 0.494 e. The first-order valence-corrected chi connectivity index (χ1v) is 10.7. The van der Waals surface area contributed by atoms with E-state index in [1.54, 1.807) is 34.2 Å². The number of carbonyl (C=O) groups excluding carboxylic acids is 1. The Balaban J connectivity index is 1.76. The first-order valence-electron chi connectivity index (χ1n) is 9.84. The number of pyridine rings is 1. The van der Waals surface area contributed by atoms with Gasteiger partial charge >= 0.3 is 0 Å². The molecule has 0 aliphatic carbocycles. The van der Waals surface area contributed by atoms with Crippen molar-refractivity contribution in [1.29, 1.82) is 0 Å². The molecular weight excluding hydrogens is 398 g/mol. The van der Waals surface area contributed by atoms with E-state index in [4.69, 9.17) is 9.72 Å². The molecule has 0 bridgehead atoms. The van der Waals surface area contributed by atoms with E-state index in [0.29, 0.717) is 24.0 Å². The smallest absolute Gasteiger partial charge is 0.278 e. The molecule has 7 nitrogen and oxygen atoms in total. The van der Waals surface area contributed by atoms with Crippen LogP contribution in [0.3, 0.4) is 0 Å². The van der Waals surface area contributed by atoms with Gasteiger partial charge in [0.05, 0.1) is 23.4 Å². The minimum absolute atomic E-state index is 0.0725. The first kappa shape index (κ1) is 20.0. The van der Waals surface area contributed by atoms with Crippen molar-refractivity contribution < 1.29 is 9.53 Å². The van der Waals surface area contributed by atoms with Gasteiger partial charge in [0.15, 0.2) is 5.13 Å². The van der Waals surface area contributed by atoms with Crippen molar-refractivity contribution in [1.82, 2.24) is 19.7 Å². The van der Waals surface area contributed by atoms with Crippen molar-refractivity contribution >= 4 is 32.6 Å². The fourth-order valence-corrected chi connectivity index (χ4v) is 4.19. The first-order chi connectivity index (χ1) is 14.6. The van der Waals surface area contributed by atoms with Gasteiger partial charge in [-0.2, -0.15) is 5.10 Å². The van der Waals surface area contributed by atoms with Crippen LogP contribution in [0.4, 0.5) is 5.13 Å². The SMILES string of the molecule is CCOc1ccc2nc(N(Cc3cccnc3)C(=O)c3ccnn3C(C)C)sc2c1. The Labute approximate surface area is 179 Å². The zero-order chi connectivity index (χ0) is 21.1. The Hall–Kier alpha value is -3.26. The van der Waals surface area contributed by atoms with Crippen molar-refractivity contribution in [2.24, 2.45) is 0 Å². The molecule has 0 saturated heterocycles. The number of benzene rings is 1. The summed E-state index contributed by atoms with van der Waals surface area (Å²) >= 11 is 1.47. The maximum Gasteiger partial charge on any atom is 0.278 e. The molecule has 3 aromatic heterocycles. The zero-order valence-corrected chi connectivity index (χ0v) is 18.0. The predicted molar refractivity (Wildman–Crippen MR) is 118 cm³/mol. The third-order valence-electron chi connectivity index (χ3n) is 4.58. The topological polar surface area (TPSA) is 73.1 Å². The van der Waals surface area contributed by atoms with Crippen LogP contribution in [0, 0.1) is 0 Å². The standard InChI is InChI=1S/C22H23N5O2S/c1-4-29-17-7-8-18-20(12-17)30-22(25-18)26(14-16-6-5-10-23-13-16)21(28)19-9-11-24-27(19)15(2)3/h5-13,15H,4,14H2,1-3H3. The van der Waals surface area contributed by atoms with Gasteiger partial charge in [-0.15, -0.1) is 0 Å². The molecule has 1 amide bonds. The fraction of sp³-hybridized carbons (Fsp3) is 0.273. The number of hydrogen-bond acceptors (Lipinski definition) is 6. The lowest BCUT2D eigenvalue weighted by molar-refractivity contribution is 0.0973. The van der Waals surface area contributed by atoms with E-state index in [1.165, 1.54) is 11.3 Å². The summed E-state index contributed by atoms with van der Waals surface area (Å²) < 4.78 is 8.31. The zero-order valence-electron chi connectivity index (χ0n) is 17.1. The monoisotopic (exact) mass is 421 g/mol. The van der Waals surface area contributed by atoms with Crippen molar-refractivity contribution in [3.8, 4) is 5.75 Å². The molecule has 0 radical (unpaired) electrons. The van der Waals surface area contributed by atoms with Crippen LogP contribution >= 0.6 is 11.3 Å². The van der Waals surface area contributed by atoms with E-state index in [-0.39, 0.29) is 11.9 Å². The molecular formula is C22H23N5O2S. The molecule has 30 heavy (non-hydrogen) atoms. The maximum atomic E-state index is 13.6. The highest BCUT2D eigenvalue weighted by atomic mass is 32.1. The van der Waals surface area contributed by atoms with E-state index in [2.05, 4.69) is 10.1 Å². The van der Waals surface area contributed by atoms with E-state index < -0.39 is 0 Å². The van der Waals surface area contributed by atoms with Gasteiger partial charge < -0.3 is 4.74 Å². The lowest BCUT2D eigenvalue weighted by atomic mass is 10.2. The van der Waals surface area contributed by atoms with Gasteiger partial charge in [-0.3, -0.25) is 19.4 Å². The molecule has 154 valence electrons. The van der Waals surface area contributed by atoms with Gasteiger partial charge in [-0.25, -0.2) is 4.98 Å². The van der Waals surface area contributed by atoms with Gasteiger partial charge in [-0.05, 0) is 56.7 Å². The van der Waals surface area contributed by atoms with Crippen LogP contribution in [0.1, 0.15) is 42.9 Å². The number of aromatic nitrogens is 4. The second-order valence-corrected chi connectivity index (χ2v) is 8.08. The van der Waals surface area contributed by atoms with Crippen molar-refractivity contribution in [3.63, 3.8) is 0 Å². The van der Waals surface area contributed by atoms with Crippen LogP contribution < -0.4 is 9.64 Å². The molecule has 0 fully saturated rings. The molecule has 0 aliphatic rings. The third-order valence-corrected chi connectivity index (χ3v) is 5.62. The number of thiazole rings is 1. The van der Waals surface area contributed by atoms with Gasteiger partial charge in [0.25, 0.3) is 5.91 Å². The Morgan fingerprint density at radius 1 is 1.23 bits per heavy atom. The summed E-state index contributed by atoms with van der Waals surface area (Å²) in [6.45, 7) is 6.93. The second kappa shape index (κ2) is 8.62. The average Bonchev–Trinajstić information content (AvgIpc) is 3.39. The highest BCUT2D eigenvalue weighted by Gasteiger charge is 2.25. The molecule has 0 saturated carbocycles. The van der Waals surface area contributed by atoms with Crippen molar-refractivity contribution in [2.75, 3.05) is 11.5 Å². The number of anilines is 1. The van der Waals surface area contributed by atoms with Crippen molar-refractivity contribution in [3.05, 3.63) is 66.2 Å². The fourth-order valence-electron chi connectivity index (χ4n) is 3.20. The molecule has 0 N–H and O–H groups in total. The van der Waals surface area contributed by atoms with Crippen LogP contribution in [0.2, 0.25) is 0 Å². The average molecular weight is 422 g/mol. The van der Waals surface area contributed by atoms with Crippen molar-refractivity contribution in [2.45, 2.75) is 33.4 Å². The number of amides is 1. The van der Waals surface area contributed by atoms with Gasteiger partial charge in [0.1, 0.15) is 11.4 Å². The molecule has 0 atom stereocenters. The van der Waals surface area contributed by atoms with E-state index in [1.807, 2.05) is 51.1 Å². The highest BCUT2D eigenvalue weighted by molar-refractivity contribution is 7.22. The molecule has 0 unspecified atom stereocenters. The summed E-state index contributed by atoms with van der Waals surface area (Å²) in [5.41, 5.74) is 2.29. The number of carbonyl (C=O) groups is 1. The summed E-state index contributed by atoms with van der Waals surface area (Å²) in [5.74, 6) is 0.650. The number of hydrogen-bond donors (Lipinski definition) is 0. The Kier molecular flexibility index (Phi) is 5.76. The summed E-state index contributed by atoms with van der Waals surface area (Å²) in [4.78, 5) is 24.2. The normalized spacial score (nSPS) is 11.2. The lowest BCUT2D eigenvalue weighted by Crippen LogP contribution is -2.32. The molecule has 3 heterocycles. The summed E-state index contributed by atoms with van der Waals surface area (Å²) in [6.07, 6.45) is 5.14. The minimum Gasteiger partial charge on any atom is -0.494 e. The number of rotatable bonds is 7. The Morgan fingerprint density at radius 3 is 2.83 bits per heavy atom. The molecule has 8 heteroatoms. The van der Waals surface area contributed by atoms with Gasteiger partial charge in [-0.1, -0.05) is 17.4 Å². The summed E-state index contributed by atoms with van der Waals surface area (Å²) in [5, 5.41) is 4.95. The van der Waals surface area contributed by atoms with Crippen LogP contribution in [-0.2, 0) is 6.54 Å². The van der Waals surface area contributed by atoms with E-state index in [0.717, 1.165) is 21.5 Å². The van der Waals surface area contributed by atoms with Crippen LogP contribution in [-0.4, -0.2) is 32.3 Å². The lowest BCUT2D eigenvalue weighted by Gasteiger charge is -2.21. The third kappa shape index (κ3) is 4.04. The second-order valence-electron chi connectivity index (χ2n) is 7.07. The van der Waals surface area contributed by atoms with Crippen LogP contribution in [0.5, 0.6) is 5.75 Å². The molecule has 4 rings (SSSR count). The molecule has 4 aromatic rings. The van der Waals surface area contributed by atoms with Gasteiger partial charge in [0.2, 0.25) is 0 Å². The molecule has 1 aromatic carbocycles. The highest BCUT2D eigenvalue weighted by Crippen LogP contribution is 2.33. The van der Waals surface area contributed by atoms with Crippen LogP contribution in [0.25, 0.3) is 10.2 Å². The van der Waals surface area contributed by atoms with E-state index >= 15 is 0 Å². The molecule has 0 aliphatic heterocycles. The molecule has 0 spiro atoms. The number of nitrogens with zero attached hydrogens (tertiary/aromatic N) is 5. The van der Waals surface area contributed by atoms with Gasteiger partial charge in [0, 0.05) is 24.6 Å². The predicted octanol–water partition coefficient (Wildman–Crippen LogP) is 4.71. The van der Waals surface area contributed by atoms with E-state index in [9.17, 15) is 4.79 Å².